The molecule has 5 heteroatoms. The van der Waals surface area contributed by atoms with Crippen molar-refractivity contribution in [2.45, 2.75) is 65.9 Å². The lowest BCUT2D eigenvalue weighted by Crippen LogP contribution is -2.08. The van der Waals surface area contributed by atoms with E-state index in [1.807, 2.05) is 6.07 Å². The van der Waals surface area contributed by atoms with Gasteiger partial charge in [-0.2, -0.15) is 0 Å². The zero-order valence-corrected chi connectivity index (χ0v) is 18.9. The first-order chi connectivity index (χ1) is 14.9. The highest BCUT2D eigenvalue weighted by molar-refractivity contribution is 6.11. The largest absolute Gasteiger partial charge is 0.507 e. The van der Waals surface area contributed by atoms with Gasteiger partial charge in [0.15, 0.2) is 5.78 Å². The highest BCUT2D eigenvalue weighted by Gasteiger charge is 2.20. The number of rotatable bonds is 13. The molecule has 0 aliphatic heterocycles. The summed E-state index contributed by atoms with van der Waals surface area (Å²) in [6.45, 7) is 6.14. The minimum absolute atomic E-state index is 0.151. The quantitative estimate of drug-likeness (QED) is 0.239. The lowest BCUT2D eigenvalue weighted by Gasteiger charge is -2.15. The minimum Gasteiger partial charge on any atom is -0.507 e. The summed E-state index contributed by atoms with van der Waals surface area (Å²) in [7, 11) is 0. The van der Waals surface area contributed by atoms with Crippen molar-refractivity contribution in [1.29, 1.82) is 0 Å². The van der Waals surface area contributed by atoms with Crippen molar-refractivity contribution in [3.63, 3.8) is 0 Å². The number of carbonyl (C=O) groups is 2. The van der Waals surface area contributed by atoms with Crippen LogP contribution in [-0.4, -0.2) is 23.5 Å². The zero-order valence-electron chi connectivity index (χ0n) is 18.9. The van der Waals surface area contributed by atoms with Crippen LogP contribution in [0.25, 0.3) is 0 Å². The summed E-state index contributed by atoms with van der Waals surface area (Å²) in [5.41, 5.74) is 0.946. The van der Waals surface area contributed by atoms with Gasteiger partial charge in [0.25, 0.3) is 0 Å². The molecule has 31 heavy (non-hydrogen) atoms. The number of phenols is 1. The van der Waals surface area contributed by atoms with Gasteiger partial charge in [0.2, 0.25) is 0 Å². The molecule has 0 spiro atoms. The summed E-state index contributed by atoms with van der Waals surface area (Å²) in [5.74, 6) is 0.217. The Hall–Kier alpha value is -2.82. The second-order valence-corrected chi connectivity index (χ2v) is 8.21. The fourth-order valence-electron chi connectivity index (χ4n) is 3.36. The summed E-state index contributed by atoms with van der Waals surface area (Å²) in [6, 6.07) is 12.0. The number of unbranched alkanes of at least 4 members (excludes halogenated alkanes) is 4. The number of phenolic OH excluding ortho intramolecular Hbond substituents is 1. The van der Waals surface area contributed by atoms with Crippen LogP contribution in [-0.2, 0) is 16.1 Å². The van der Waals surface area contributed by atoms with Crippen LogP contribution in [0, 0.1) is 5.92 Å². The Morgan fingerprint density at radius 3 is 2.29 bits per heavy atom. The molecule has 0 aromatic heterocycles. The van der Waals surface area contributed by atoms with E-state index in [1.165, 1.54) is 32.6 Å². The van der Waals surface area contributed by atoms with Gasteiger partial charge in [-0.25, -0.2) is 0 Å². The molecule has 1 N–H and O–H groups in total. The van der Waals surface area contributed by atoms with Gasteiger partial charge < -0.3 is 14.6 Å². The van der Waals surface area contributed by atoms with Crippen molar-refractivity contribution in [1.82, 2.24) is 0 Å². The molecule has 2 aromatic rings. The molecule has 0 unspecified atom stereocenters. The molecule has 0 aliphatic rings. The Labute approximate surface area is 185 Å². The summed E-state index contributed by atoms with van der Waals surface area (Å²) in [5, 5.41) is 10.8. The van der Waals surface area contributed by atoms with Crippen LogP contribution in [0.3, 0.4) is 0 Å². The average Bonchev–Trinajstić information content (AvgIpc) is 2.75. The lowest BCUT2D eigenvalue weighted by atomic mass is 9.99. The number of ketones is 1. The maximum absolute atomic E-state index is 12.8. The molecule has 0 heterocycles. The molecule has 0 aliphatic carbocycles. The Morgan fingerprint density at radius 1 is 0.935 bits per heavy atom. The van der Waals surface area contributed by atoms with Crippen molar-refractivity contribution in [2.24, 2.45) is 5.92 Å². The Morgan fingerprint density at radius 2 is 1.61 bits per heavy atom. The third kappa shape index (κ3) is 8.08. The summed E-state index contributed by atoms with van der Waals surface area (Å²) < 4.78 is 11.0. The van der Waals surface area contributed by atoms with E-state index in [0.29, 0.717) is 23.5 Å². The zero-order chi connectivity index (χ0) is 22.6. The van der Waals surface area contributed by atoms with Crippen molar-refractivity contribution in [2.75, 3.05) is 6.61 Å². The molecule has 0 fully saturated rings. The predicted octanol–water partition coefficient (Wildman–Crippen LogP) is 6.06. The summed E-state index contributed by atoms with van der Waals surface area (Å²) in [6.07, 6.45) is 6.91. The number of hydrogen-bond donors (Lipinski definition) is 1. The molecule has 0 amide bonds. The number of carbonyl (C=O) groups excluding carboxylic acids is 2. The highest BCUT2D eigenvalue weighted by atomic mass is 16.5. The third-order valence-corrected chi connectivity index (χ3v) is 5.12. The van der Waals surface area contributed by atoms with Crippen molar-refractivity contribution >= 4 is 11.8 Å². The lowest BCUT2D eigenvalue weighted by molar-refractivity contribution is -0.142. The van der Waals surface area contributed by atoms with E-state index in [9.17, 15) is 14.7 Å². The maximum Gasteiger partial charge on any atom is 0.302 e. The number of esters is 1. The number of aromatic hydroxyl groups is 1. The van der Waals surface area contributed by atoms with Crippen molar-refractivity contribution in [3.05, 3.63) is 59.2 Å². The van der Waals surface area contributed by atoms with E-state index < -0.39 is 5.97 Å². The highest BCUT2D eigenvalue weighted by Crippen LogP contribution is 2.33. The van der Waals surface area contributed by atoms with Gasteiger partial charge in [0.05, 0.1) is 17.7 Å². The number of ether oxygens (including phenoxy) is 2. The Kier molecular flexibility index (Phi) is 10.1. The smallest absolute Gasteiger partial charge is 0.302 e. The van der Waals surface area contributed by atoms with E-state index in [2.05, 4.69) is 13.8 Å². The van der Waals surface area contributed by atoms with Crippen LogP contribution in [0.5, 0.6) is 11.5 Å². The molecule has 2 rings (SSSR count). The van der Waals surface area contributed by atoms with Gasteiger partial charge in [0.1, 0.15) is 18.1 Å². The van der Waals surface area contributed by atoms with Gasteiger partial charge in [-0.05, 0) is 24.5 Å². The van der Waals surface area contributed by atoms with E-state index >= 15 is 0 Å². The predicted molar refractivity (Wildman–Crippen MR) is 121 cm³/mol. The first-order valence-corrected chi connectivity index (χ1v) is 11.1. The molecule has 0 saturated carbocycles. The minimum atomic E-state index is -0.466. The van der Waals surface area contributed by atoms with Gasteiger partial charge >= 0.3 is 5.97 Å². The SMILES string of the molecule is CC(=O)OCc1c(OCCCCCCCC(C)C)ccc(C(=O)c2ccccc2)c1O. The summed E-state index contributed by atoms with van der Waals surface area (Å²) in [4.78, 5) is 24.1. The molecular formula is C26H34O5. The standard InChI is InChI=1S/C26H34O5/c1-19(2)12-8-5-4-6-11-17-30-24-16-15-22(25(28)21-13-9-7-10-14-21)26(29)23(24)18-31-20(3)27/h7,9-10,13-16,19,29H,4-6,8,11-12,17-18H2,1-3H3. The average molecular weight is 427 g/mol. The van der Waals surface area contributed by atoms with Crippen molar-refractivity contribution < 1.29 is 24.2 Å². The van der Waals surface area contributed by atoms with Gasteiger partial charge in [-0.15, -0.1) is 0 Å². The van der Waals surface area contributed by atoms with Crippen LogP contribution in [0.2, 0.25) is 0 Å². The van der Waals surface area contributed by atoms with Gasteiger partial charge in [0, 0.05) is 12.5 Å². The Bertz CT molecular complexity index is 842. The van der Waals surface area contributed by atoms with Crippen LogP contribution in [0.1, 0.15) is 80.8 Å². The van der Waals surface area contributed by atoms with E-state index in [1.54, 1.807) is 36.4 Å². The third-order valence-electron chi connectivity index (χ3n) is 5.12. The maximum atomic E-state index is 12.8. The topological polar surface area (TPSA) is 72.8 Å². The Balaban J connectivity index is 2.02. The van der Waals surface area contributed by atoms with E-state index in [0.717, 1.165) is 18.8 Å². The second-order valence-electron chi connectivity index (χ2n) is 8.21. The first-order valence-electron chi connectivity index (χ1n) is 11.1. The van der Waals surface area contributed by atoms with Crippen LogP contribution in [0.15, 0.2) is 42.5 Å². The molecule has 0 atom stereocenters. The monoisotopic (exact) mass is 426 g/mol. The van der Waals surface area contributed by atoms with Crippen LogP contribution >= 0.6 is 0 Å². The molecule has 0 saturated heterocycles. The van der Waals surface area contributed by atoms with Gasteiger partial charge in [-0.3, -0.25) is 9.59 Å². The molecular weight excluding hydrogens is 392 g/mol. The van der Waals surface area contributed by atoms with Crippen LogP contribution < -0.4 is 4.74 Å². The molecule has 0 radical (unpaired) electrons. The van der Waals surface area contributed by atoms with E-state index in [4.69, 9.17) is 9.47 Å². The van der Waals surface area contributed by atoms with E-state index in [-0.39, 0.29) is 23.7 Å². The fourth-order valence-corrected chi connectivity index (χ4v) is 3.36. The van der Waals surface area contributed by atoms with Gasteiger partial charge in [-0.1, -0.05) is 76.3 Å². The van der Waals surface area contributed by atoms with Crippen molar-refractivity contribution in [3.8, 4) is 11.5 Å². The molecule has 168 valence electrons. The summed E-state index contributed by atoms with van der Waals surface area (Å²) >= 11 is 0. The fraction of sp³-hybridized carbons (Fsp3) is 0.462. The van der Waals surface area contributed by atoms with Crippen LogP contribution in [0.4, 0.5) is 0 Å². The number of hydrogen-bond acceptors (Lipinski definition) is 5. The number of benzene rings is 2. The second kappa shape index (κ2) is 12.8. The first kappa shape index (κ1) is 24.4. The molecule has 2 aromatic carbocycles. The molecule has 0 bridgehead atoms. The normalized spacial score (nSPS) is 10.8. The molecule has 5 nitrogen and oxygen atoms in total.